The first-order valence-electron chi connectivity index (χ1n) is 20.7. The number of ether oxygens (including phenoxy) is 2. The molecule has 0 saturated heterocycles. The quantitative estimate of drug-likeness (QED) is 0.0383. The molecule has 0 atom stereocenters. The average molecular weight is 677 g/mol. The first kappa shape index (κ1) is 46.3. The highest BCUT2D eigenvalue weighted by Crippen LogP contribution is 2.13. The van der Waals surface area contributed by atoms with Gasteiger partial charge in [0.05, 0.1) is 0 Å². The van der Waals surface area contributed by atoms with Crippen molar-refractivity contribution in [1.82, 2.24) is 10.6 Å². The summed E-state index contributed by atoms with van der Waals surface area (Å²) in [5, 5.41) is 6.54. The van der Waals surface area contributed by atoms with Crippen LogP contribution in [-0.2, 0) is 19.1 Å². The molecule has 6 heteroatoms. The van der Waals surface area contributed by atoms with Gasteiger partial charge in [0.1, 0.15) is 13.2 Å². The molecule has 0 fully saturated rings. The van der Waals surface area contributed by atoms with Crippen LogP contribution in [0.4, 0.5) is 0 Å². The van der Waals surface area contributed by atoms with Gasteiger partial charge in [-0.25, -0.2) is 0 Å². The van der Waals surface area contributed by atoms with Gasteiger partial charge in [-0.05, 0) is 51.4 Å². The zero-order valence-corrected chi connectivity index (χ0v) is 32.0. The van der Waals surface area contributed by atoms with Crippen LogP contribution < -0.4 is 10.6 Å². The number of hydrogen-bond acceptors (Lipinski definition) is 6. The van der Waals surface area contributed by atoms with Crippen molar-refractivity contribution in [3.8, 4) is 0 Å². The first-order valence-corrected chi connectivity index (χ1v) is 20.7. The monoisotopic (exact) mass is 677 g/mol. The van der Waals surface area contributed by atoms with Gasteiger partial charge in [0.15, 0.2) is 0 Å². The van der Waals surface area contributed by atoms with Crippen molar-refractivity contribution in [2.24, 2.45) is 0 Å². The Morgan fingerprint density at radius 3 is 1.02 bits per heavy atom. The summed E-state index contributed by atoms with van der Waals surface area (Å²) in [5.41, 5.74) is 0. The summed E-state index contributed by atoms with van der Waals surface area (Å²) in [6.45, 7) is 8.20. The minimum Gasteiger partial charge on any atom is -0.464 e. The smallest absolute Gasteiger partial charge is 0.305 e. The fraction of sp³-hybridized carbons (Fsp3) is 0.857. The van der Waals surface area contributed by atoms with Gasteiger partial charge in [-0.2, -0.15) is 0 Å². The van der Waals surface area contributed by atoms with Gasteiger partial charge in [-0.15, -0.1) is 0 Å². The number of allylic oxidation sites excluding steroid dienone is 4. The third-order valence-electron chi connectivity index (χ3n) is 8.85. The molecule has 0 spiro atoms. The lowest BCUT2D eigenvalue weighted by Gasteiger charge is -2.08. The molecule has 0 saturated carbocycles. The minimum absolute atomic E-state index is 0.111. The molecule has 282 valence electrons. The van der Waals surface area contributed by atoms with E-state index in [0.717, 1.165) is 51.6 Å². The van der Waals surface area contributed by atoms with Crippen LogP contribution >= 0.6 is 0 Å². The van der Waals surface area contributed by atoms with E-state index in [1.807, 2.05) is 0 Å². The Balaban J connectivity index is 3.31. The van der Waals surface area contributed by atoms with Crippen LogP contribution in [0.5, 0.6) is 0 Å². The highest BCUT2D eigenvalue weighted by atomic mass is 16.5. The minimum atomic E-state index is -0.111. The highest BCUT2D eigenvalue weighted by molar-refractivity contribution is 5.69. The summed E-state index contributed by atoms with van der Waals surface area (Å²) < 4.78 is 10.6. The second kappa shape index (κ2) is 41.5. The van der Waals surface area contributed by atoms with E-state index in [4.69, 9.17) is 9.47 Å². The molecule has 6 nitrogen and oxygen atoms in total. The maximum Gasteiger partial charge on any atom is 0.305 e. The van der Waals surface area contributed by atoms with Gasteiger partial charge >= 0.3 is 11.9 Å². The molecule has 0 aliphatic carbocycles. The number of esters is 2. The fourth-order valence-electron chi connectivity index (χ4n) is 5.74. The van der Waals surface area contributed by atoms with Crippen LogP contribution in [0.2, 0.25) is 0 Å². The number of carbonyl (C=O) groups is 2. The highest BCUT2D eigenvalue weighted by Gasteiger charge is 2.03. The Morgan fingerprint density at radius 2 is 0.688 bits per heavy atom. The molecule has 0 heterocycles. The molecule has 2 N–H and O–H groups in total. The number of unbranched alkanes of at least 4 members (excludes halogenated alkanes) is 22. The number of nitrogens with one attached hydrogen (secondary N) is 2. The molecule has 0 radical (unpaired) electrons. The molecule has 0 aromatic carbocycles. The lowest BCUT2D eigenvalue weighted by atomic mass is 10.1. The molecular formula is C42H80N2O4. The van der Waals surface area contributed by atoms with Gasteiger partial charge in [0, 0.05) is 39.0 Å². The Bertz CT molecular complexity index is 664. The maximum absolute atomic E-state index is 11.9. The Labute approximate surface area is 298 Å². The molecule has 0 bridgehead atoms. The molecule has 0 aromatic heterocycles. The largest absolute Gasteiger partial charge is 0.464 e. The van der Waals surface area contributed by atoms with E-state index in [1.165, 1.54) is 128 Å². The van der Waals surface area contributed by atoms with Crippen LogP contribution in [0.3, 0.4) is 0 Å². The Morgan fingerprint density at radius 1 is 0.396 bits per heavy atom. The zero-order valence-electron chi connectivity index (χ0n) is 32.0. The normalized spacial score (nSPS) is 11.6. The molecule has 48 heavy (non-hydrogen) atoms. The third kappa shape index (κ3) is 40.5. The van der Waals surface area contributed by atoms with E-state index < -0.39 is 0 Å². The first-order chi connectivity index (χ1) is 23.7. The molecule has 0 aliphatic rings. The molecule has 0 aliphatic heterocycles. The SMILES string of the molecule is CCCCCCCCCCCCC=CCCCC(=O)OCCNCCNCCOC(=O)CCCC=CCCCCCCCCCCCC. The number of carbonyl (C=O) groups excluding carboxylic acids is 2. The van der Waals surface area contributed by atoms with E-state index in [0.29, 0.717) is 39.1 Å². The van der Waals surface area contributed by atoms with Crippen molar-refractivity contribution in [2.75, 3.05) is 39.4 Å². The second-order valence-electron chi connectivity index (χ2n) is 13.6. The van der Waals surface area contributed by atoms with Crippen LogP contribution in [0.1, 0.15) is 194 Å². The molecular weight excluding hydrogens is 596 g/mol. The van der Waals surface area contributed by atoms with Crippen molar-refractivity contribution in [3.63, 3.8) is 0 Å². The summed E-state index contributed by atoms with van der Waals surface area (Å²) in [4.78, 5) is 23.8. The van der Waals surface area contributed by atoms with Gasteiger partial charge in [-0.3, -0.25) is 9.59 Å². The van der Waals surface area contributed by atoms with E-state index in [-0.39, 0.29) is 11.9 Å². The van der Waals surface area contributed by atoms with Crippen LogP contribution in [-0.4, -0.2) is 51.3 Å². The van der Waals surface area contributed by atoms with Gasteiger partial charge < -0.3 is 20.1 Å². The van der Waals surface area contributed by atoms with Gasteiger partial charge in [-0.1, -0.05) is 154 Å². The summed E-state index contributed by atoms with van der Waals surface area (Å²) in [6.07, 6.45) is 43.4. The molecule has 0 aromatic rings. The van der Waals surface area contributed by atoms with Crippen molar-refractivity contribution in [3.05, 3.63) is 24.3 Å². The van der Waals surface area contributed by atoms with Crippen molar-refractivity contribution in [1.29, 1.82) is 0 Å². The Hall–Kier alpha value is -1.66. The van der Waals surface area contributed by atoms with E-state index >= 15 is 0 Å². The average Bonchev–Trinajstić information content (AvgIpc) is 3.09. The van der Waals surface area contributed by atoms with Crippen molar-refractivity contribution < 1.29 is 19.1 Å². The summed E-state index contributed by atoms with van der Waals surface area (Å²) in [6, 6.07) is 0. The lowest BCUT2D eigenvalue weighted by molar-refractivity contribution is -0.144. The predicted molar refractivity (Wildman–Crippen MR) is 207 cm³/mol. The Kier molecular flexibility index (Phi) is 40.1. The van der Waals surface area contributed by atoms with Crippen molar-refractivity contribution >= 4 is 11.9 Å². The zero-order chi connectivity index (χ0) is 34.9. The second-order valence-corrected chi connectivity index (χ2v) is 13.6. The van der Waals surface area contributed by atoms with Crippen LogP contribution in [0.25, 0.3) is 0 Å². The lowest BCUT2D eigenvalue weighted by Crippen LogP contribution is -2.31. The number of rotatable bonds is 39. The summed E-state index contributed by atoms with van der Waals surface area (Å²) in [5.74, 6) is -0.222. The van der Waals surface area contributed by atoms with Crippen molar-refractivity contribution in [2.45, 2.75) is 194 Å². The van der Waals surface area contributed by atoms with Gasteiger partial charge in [0.2, 0.25) is 0 Å². The summed E-state index contributed by atoms with van der Waals surface area (Å²) in [7, 11) is 0. The fourth-order valence-corrected chi connectivity index (χ4v) is 5.74. The summed E-state index contributed by atoms with van der Waals surface area (Å²) >= 11 is 0. The molecule has 0 rings (SSSR count). The van der Waals surface area contributed by atoms with Crippen LogP contribution in [0, 0.1) is 0 Å². The molecule has 0 amide bonds. The third-order valence-corrected chi connectivity index (χ3v) is 8.85. The predicted octanol–water partition coefficient (Wildman–Crippen LogP) is 11.3. The maximum atomic E-state index is 11.9. The van der Waals surface area contributed by atoms with E-state index in [1.54, 1.807) is 0 Å². The van der Waals surface area contributed by atoms with Crippen LogP contribution in [0.15, 0.2) is 24.3 Å². The van der Waals surface area contributed by atoms with Gasteiger partial charge in [0.25, 0.3) is 0 Å². The topological polar surface area (TPSA) is 76.7 Å². The number of hydrogen-bond donors (Lipinski definition) is 2. The molecule has 0 unspecified atom stereocenters. The van der Waals surface area contributed by atoms with E-state index in [2.05, 4.69) is 48.8 Å². The standard InChI is InChI=1S/C42H80N2O4/c1-3-5-7-9-11-13-15-17-19-21-23-25-27-29-31-33-41(45)47-39-37-43-35-36-44-38-40-48-42(46)34-32-30-28-26-24-22-20-18-16-14-12-10-8-6-4-2/h25-28,43-44H,3-24,29-40H2,1-2H3. The van der Waals surface area contributed by atoms with E-state index in [9.17, 15) is 9.59 Å².